The Labute approximate surface area is 212 Å². The maximum Gasteiger partial charge on any atom is 0.287 e. The van der Waals surface area contributed by atoms with E-state index in [4.69, 9.17) is 13.9 Å². The summed E-state index contributed by atoms with van der Waals surface area (Å²) >= 11 is 0. The fraction of sp³-hybridized carbons (Fsp3) is 0.379. The molecule has 1 atom stereocenters. The molecular formula is C29H34N2O5. The van der Waals surface area contributed by atoms with Gasteiger partial charge in [-0.1, -0.05) is 49.7 Å². The molecule has 1 unspecified atom stereocenters. The zero-order valence-corrected chi connectivity index (χ0v) is 21.4. The van der Waals surface area contributed by atoms with Gasteiger partial charge in [0, 0.05) is 26.1 Å². The van der Waals surface area contributed by atoms with E-state index in [0.717, 1.165) is 17.5 Å². The second kappa shape index (κ2) is 11.4. The number of rotatable bonds is 9. The third-order valence-corrected chi connectivity index (χ3v) is 6.37. The van der Waals surface area contributed by atoms with E-state index in [9.17, 15) is 9.59 Å². The number of nitrogens with zero attached hydrogens (tertiary/aromatic N) is 1. The third-order valence-electron chi connectivity index (χ3n) is 6.37. The summed E-state index contributed by atoms with van der Waals surface area (Å²) in [6.07, 6.45) is 0.802. The van der Waals surface area contributed by atoms with Crippen molar-refractivity contribution >= 4 is 11.8 Å². The molecule has 0 radical (unpaired) electrons. The highest BCUT2D eigenvalue weighted by Crippen LogP contribution is 2.38. The number of fused-ring (bicyclic) bond motifs is 1. The van der Waals surface area contributed by atoms with E-state index in [1.54, 1.807) is 19.2 Å². The number of furan rings is 1. The number of carbonyl (C=O) groups is 2. The van der Waals surface area contributed by atoms with Crippen LogP contribution in [0.3, 0.4) is 0 Å². The van der Waals surface area contributed by atoms with E-state index in [0.29, 0.717) is 31.2 Å². The lowest BCUT2D eigenvalue weighted by atomic mass is 9.87. The molecule has 0 saturated heterocycles. The van der Waals surface area contributed by atoms with Gasteiger partial charge in [0.05, 0.1) is 12.6 Å². The van der Waals surface area contributed by atoms with E-state index in [-0.39, 0.29) is 36.1 Å². The molecule has 2 amide bonds. The summed E-state index contributed by atoms with van der Waals surface area (Å²) in [5.41, 5.74) is 4.56. The third kappa shape index (κ3) is 5.79. The van der Waals surface area contributed by atoms with Gasteiger partial charge in [0.25, 0.3) is 5.91 Å². The van der Waals surface area contributed by atoms with Gasteiger partial charge in [0.1, 0.15) is 18.1 Å². The summed E-state index contributed by atoms with van der Waals surface area (Å²) in [5, 5.41) is 2.74. The first-order valence-corrected chi connectivity index (χ1v) is 12.4. The van der Waals surface area contributed by atoms with Crippen molar-refractivity contribution in [2.45, 2.75) is 39.8 Å². The number of hydrogen-bond acceptors (Lipinski definition) is 5. The van der Waals surface area contributed by atoms with Crippen LogP contribution in [-0.4, -0.2) is 43.5 Å². The average molecular weight is 491 g/mol. The van der Waals surface area contributed by atoms with Gasteiger partial charge in [-0.25, -0.2) is 0 Å². The van der Waals surface area contributed by atoms with Crippen molar-refractivity contribution in [3.05, 3.63) is 88.4 Å². The number of benzene rings is 2. The normalized spacial score (nSPS) is 15.0. The molecule has 2 aromatic carbocycles. The van der Waals surface area contributed by atoms with Gasteiger partial charge in [-0.05, 0) is 54.3 Å². The summed E-state index contributed by atoms with van der Waals surface area (Å²) in [6, 6.07) is 17.6. The predicted octanol–water partition coefficient (Wildman–Crippen LogP) is 4.67. The molecule has 0 saturated carbocycles. The molecule has 3 aromatic rings. The molecule has 36 heavy (non-hydrogen) atoms. The van der Waals surface area contributed by atoms with Gasteiger partial charge in [-0.2, -0.15) is 0 Å². The Hall–Kier alpha value is -3.58. The van der Waals surface area contributed by atoms with Crippen LogP contribution in [0.2, 0.25) is 0 Å². The van der Waals surface area contributed by atoms with E-state index in [2.05, 4.69) is 42.6 Å². The van der Waals surface area contributed by atoms with Crippen LogP contribution in [0.15, 0.2) is 59.0 Å². The fourth-order valence-electron chi connectivity index (χ4n) is 4.45. The molecule has 1 aromatic heterocycles. The van der Waals surface area contributed by atoms with Crippen LogP contribution >= 0.6 is 0 Å². The van der Waals surface area contributed by atoms with E-state index in [1.165, 1.54) is 11.1 Å². The molecule has 7 nitrogen and oxygen atoms in total. The summed E-state index contributed by atoms with van der Waals surface area (Å²) in [4.78, 5) is 27.3. The van der Waals surface area contributed by atoms with Crippen molar-refractivity contribution in [3.8, 4) is 5.75 Å². The van der Waals surface area contributed by atoms with E-state index in [1.807, 2.05) is 30.9 Å². The topological polar surface area (TPSA) is 81.0 Å². The van der Waals surface area contributed by atoms with Gasteiger partial charge in [-0.15, -0.1) is 0 Å². The quantitative estimate of drug-likeness (QED) is 0.441. The first-order valence-electron chi connectivity index (χ1n) is 12.4. The number of nitrogens with one attached hydrogen (secondary N) is 1. The highest BCUT2D eigenvalue weighted by Gasteiger charge is 2.33. The minimum Gasteiger partial charge on any atom is -0.486 e. The molecule has 1 N–H and O–H groups in total. The number of ether oxygens (including phenoxy) is 2. The zero-order valence-electron chi connectivity index (χ0n) is 21.4. The Kier molecular flexibility index (Phi) is 8.10. The molecule has 0 spiro atoms. The molecule has 0 fully saturated rings. The highest BCUT2D eigenvalue weighted by molar-refractivity contribution is 5.91. The summed E-state index contributed by atoms with van der Waals surface area (Å²) < 4.78 is 16.6. The standard InChI is InChI=1S/C29H34N2O5/c1-19(2)29(33)31-15-13-21-9-10-23(17-25(21)27(31)22-7-5-20(3)6-8-22)35-18-24-11-12-26(36-24)28(32)30-14-16-34-4/h5-12,17,19,27H,13-16,18H2,1-4H3,(H,30,32). The van der Waals surface area contributed by atoms with Crippen molar-refractivity contribution in [3.63, 3.8) is 0 Å². The fourth-order valence-corrected chi connectivity index (χ4v) is 4.45. The van der Waals surface area contributed by atoms with Crippen LogP contribution in [0.25, 0.3) is 0 Å². The molecule has 1 aliphatic heterocycles. The van der Waals surface area contributed by atoms with Crippen molar-refractivity contribution in [1.29, 1.82) is 0 Å². The van der Waals surface area contributed by atoms with Crippen LogP contribution in [0.4, 0.5) is 0 Å². The van der Waals surface area contributed by atoms with E-state index < -0.39 is 0 Å². The first-order chi connectivity index (χ1) is 17.4. The maximum atomic E-state index is 13.1. The number of carbonyl (C=O) groups excluding carboxylic acids is 2. The van der Waals surface area contributed by atoms with Crippen LogP contribution < -0.4 is 10.1 Å². The van der Waals surface area contributed by atoms with Crippen LogP contribution in [0.1, 0.15) is 58.5 Å². The van der Waals surface area contributed by atoms with Crippen LogP contribution in [0, 0.1) is 12.8 Å². The van der Waals surface area contributed by atoms with E-state index >= 15 is 0 Å². The molecule has 0 aliphatic carbocycles. The highest BCUT2D eigenvalue weighted by atomic mass is 16.5. The van der Waals surface area contributed by atoms with Crippen molar-refractivity contribution in [2.24, 2.45) is 5.92 Å². The average Bonchev–Trinajstić information content (AvgIpc) is 3.36. The minimum atomic E-state index is -0.289. The lowest BCUT2D eigenvalue weighted by Gasteiger charge is -2.39. The molecular weight excluding hydrogens is 456 g/mol. The number of hydrogen-bond donors (Lipinski definition) is 1. The molecule has 1 aliphatic rings. The Morgan fingerprint density at radius 1 is 1.11 bits per heavy atom. The SMILES string of the molecule is COCCNC(=O)c1ccc(COc2ccc3c(c2)C(c2ccc(C)cc2)N(C(=O)C(C)C)CC3)o1. The lowest BCUT2D eigenvalue weighted by Crippen LogP contribution is -2.42. The monoisotopic (exact) mass is 490 g/mol. The predicted molar refractivity (Wildman–Crippen MR) is 137 cm³/mol. The summed E-state index contributed by atoms with van der Waals surface area (Å²) in [6.45, 7) is 7.67. The van der Waals surface area contributed by atoms with Gasteiger partial charge in [-0.3, -0.25) is 9.59 Å². The Balaban J connectivity index is 1.54. The Morgan fingerprint density at radius 3 is 2.61 bits per heavy atom. The van der Waals surface area contributed by atoms with Gasteiger partial charge in [0.2, 0.25) is 5.91 Å². The number of aryl methyl sites for hydroxylation is 1. The second-order valence-corrected chi connectivity index (χ2v) is 9.41. The smallest absolute Gasteiger partial charge is 0.287 e. The summed E-state index contributed by atoms with van der Waals surface area (Å²) in [5.74, 6) is 1.24. The number of methoxy groups -OCH3 is 1. The maximum absolute atomic E-state index is 13.1. The van der Waals surface area contributed by atoms with Crippen LogP contribution in [0.5, 0.6) is 5.75 Å². The zero-order chi connectivity index (χ0) is 25.7. The molecule has 190 valence electrons. The van der Waals surface area contributed by atoms with Crippen molar-refractivity contribution in [1.82, 2.24) is 10.2 Å². The Morgan fingerprint density at radius 2 is 1.89 bits per heavy atom. The lowest BCUT2D eigenvalue weighted by molar-refractivity contribution is -0.136. The van der Waals surface area contributed by atoms with Crippen molar-refractivity contribution in [2.75, 3.05) is 26.8 Å². The largest absolute Gasteiger partial charge is 0.486 e. The summed E-state index contributed by atoms with van der Waals surface area (Å²) in [7, 11) is 1.58. The molecule has 4 rings (SSSR count). The molecule has 0 bridgehead atoms. The van der Waals surface area contributed by atoms with Crippen molar-refractivity contribution < 1.29 is 23.5 Å². The Bertz CT molecular complexity index is 1200. The number of amides is 2. The molecule has 7 heteroatoms. The van der Waals surface area contributed by atoms with Crippen LogP contribution in [-0.2, 0) is 22.6 Å². The molecule has 2 heterocycles. The minimum absolute atomic E-state index is 0.0845. The van der Waals surface area contributed by atoms with Gasteiger partial charge < -0.3 is 24.1 Å². The van der Waals surface area contributed by atoms with Gasteiger partial charge in [0.15, 0.2) is 5.76 Å². The van der Waals surface area contributed by atoms with Gasteiger partial charge >= 0.3 is 0 Å². The second-order valence-electron chi connectivity index (χ2n) is 9.41. The first kappa shape index (κ1) is 25.5.